The van der Waals surface area contributed by atoms with Gasteiger partial charge in [0.15, 0.2) is 0 Å². The van der Waals surface area contributed by atoms with Crippen molar-refractivity contribution in [3.63, 3.8) is 0 Å². The summed E-state index contributed by atoms with van der Waals surface area (Å²) in [4.78, 5) is 9.16. The summed E-state index contributed by atoms with van der Waals surface area (Å²) >= 11 is 1.81. The quantitative estimate of drug-likeness (QED) is 0.100. The molecule has 2 nitrogen and oxygen atoms in total. The van der Waals surface area contributed by atoms with Crippen LogP contribution in [-0.2, 0) is 20.1 Å². The number of pyridine rings is 2. The molecule has 8 rings (SSSR count). The van der Waals surface area contributed by atoms with Crippen molar-refractivity contribution in [2.45, 2.75) is 46.3 Å². The Hall–Kier alpha value is -3.99. The molecule has 0 bridgehead atoms. The van der Waals surface area contributed by atoms with E-state index in [0.29, 0.717) is 0 Å². The second-order valence-electron chi connectivity index (χ2n) is 13.4. The fourth-order valence-electron chi connectivity index (χ4n) is 6.02. The van der Waals surface area contributed by atoms with Crippen LogP contribution in [0.3, 0.4) is 0 Å². The molecule has 0 aliphatic rings. The molecule has 8 aromatic rings. The smallest absolute Gasteiger partial charge is 0.0795 e. The number of rotatable bonds is 4. The molecule has 5 aromatic carbocycles. The third-order valence-electron chi connectivity index (χ3n) is 8.75. The number of fused-ring (bicyclic) bond motifs is 6. The molecule has 0 atom stereocenters. The Labute approximate surface area is 303 Å². The SMILES string of the molecule is C[Si](C)(C)c1ccc(-c2[c-]cccc2)nc1.[2H]C(C)(C)c1ccnc(-c2[c-]ccc3c2sc2cc4c(ccc5ccc(C)cc54)cc23)c1.[Ir]. The normalized spacial score (nSPS) is 12.1. The van der Waals surface area contributed by atoms with Gasteiger partial charge in [-0.3, -0.25) is 0 Å². The van der Waals surface area contributed by atoms with E-state index in [2.05, 4.69) is 109 Å². The molecule has 3 heterocycles. The number of aromatic nitrogens is 2. The summed E-state index contributed by atoms with van der Waals surface area (Å²) in [7, 11) is -1.23. The average Bonchev–Trinajstić information content (AvgIpc) is 3.45. The van der Waals surface area contributed by atoms with Crippen molar-refractivity contribution in [1.82, 2.24) is 9.97 Å². The topological polar surface area (TPSA) is 25.8 Å². The molecule has 0 aliphatic heterocycles. The van der Waals surface area contributed by atoms with Gasteiger partial charge in [-0.25, -0.2) is 0 Å². The Morgan fingerprint density at radius 2 is 1.52 bits per heavy atom. The second kappa shape index (κ2) is 13.9. The first-order valence-electron chi connectivity index (χ1n) is 16.6. The van der Waals surface area contributed by atoms with E-state index in [9.17, 15) is 0 Å². The van der Waals surface area contributed by atoms with Gasteiger partial charge in [0, 0.05) is 38.6 Å². The number of hydrogen-bond acceptors (Lipinski definition) is 3. The summed E-state index contributed by atoms with van der Waals surface area (Å²) in [6.07, 6.45) is 3.83. The van der Waals surface area contributed by atoms with E-state index in [0.717, 1.165) is 28.1 Å². The van der Waals surface area contributed by atoms with Crippen molar-refractivity contribution in [2.24, 2.45) is 0 Å². The van der Waals surface area contributed by atoms with E-state index in [4.69, 9.17) is 1.37 Å². The van der Waals surface area contributed by atoms with Gasteiger partial charge < -0.3 is 9.97 Å². The van der Waals surface area contributed by atoms with Gasteiger partial charge in [-0.1, -0.05) is 98.5 Å². The van der Waals surface area contributed by atoms with Crippen molar-refractivity contribution in [2.75, 3.05) is 0 Å². The number of aryl methyl sites for hydroxylation is 1. The summed E-state index contributed by atoms with van der Waals surface area (Å²) in [6.45, 7) is 13.0. The minimum absolute atomic E-state index is 0. The average molecular weight is 836 g/mol. The largest absolute Gasteiger partial charge is 0.305 e. The molecule has 0 unspecified atom stereocenters. The molecule has 0 N–H and O–H groups in total. The molecule has 5 heteroatoms. The summed E-state index contributed by atoms with van der Waals surface area (Å²) in [5.74, 6) is -0.664. The van der Waals surface area contributed by atoms with E-state index in [1.54, 1.807) is 11.3 Å². The fraction of sp³-hybridized carbons (Fsp3) is 0.163. The Kier molecular flexibility index (Phi) is 9.40. The number of thiophene rings is 1. The summed E-state index contributed by atoms with van der Waals surface area (Å²) in [5, 5.41) is 9.05. The second-order valence-corrected chi connectivity index (χ2v) is 19.6. The maximum Gasteiger partial charge on any atom is 0.0795 e. The van der Waals surface area contributed by atoms with Crippen LogP contribution in [0.15, 0.2) is 116 Å². The van der Waals surface area contributed by atoms with E-state index < -0.39 is 14.0 Å². The molecular weight excluding hydrogens is 797 g/mol. The summed E-state index contributed by atoms with van der Waals surface area (Å²) in [5.41, 5.74) is 6.19. The molecule has 0 amide bonds. The minimum atomic E-state index is -1.23. The first-order chi connectivity index (χ1) is 23.0. The maximum atomic E-state index is 8.41. The van der Waals surface area contributed by atoms with Gasteiger partial charge in [0.25, 0.3) is 0 Å². The first kappa shape index (κ1) is 32.5. The first-order valence-corrected chi connectivity index (χ1v) is 20.4. The fourth-order valence-corrected chi connectivity index (χ4v) is 8.29. The van der Waals surface area contributed by atoms with Crippen LogP contribution in [-0.4, -0.2) is 18.0 Å². The molecule has 0 saturated carbocycles. The Balaban J connectivity index is 0.000000208. The monoisotopic (exact) mass is 836 g/mol. The van der Waals surface area contributed by atoms with Crippen molar-refractivity contribution in [3.8, 4) is 22.5 Å². The van der Waals surface area contributed by atoms with Crippen LogP contribution in [0.25, 0.3) is 64.2 Å². The zero-order chi connectivity index (χ0) is 33.6. The van der Waals surface area contributed by atoms with Gasteiger partial charge in [-0.15, -0.1) is 59.7 Å². The summed E-state index contributed by atoms with van der Waals surface area (Å²) < 4.78 is 10.9. The van der Waals surface area contributed by atoms with Crippen molar-refractivity contribution < 1.29 is 21.5 Å². The standard InChI is InChI=1S/C29H22NS.C14H16NSi.Ir/c1-17(2)20-11-12-30-27(15-20)23-6-4-5-22-26-14-21-10-9-19-8-7-18(3)13-24(19)25(21)16-28(26)31-29(22)23;1-16(2,3)13-9-10-14(15-11-13)12-7-5-4-6-8-12;/h4-5,7-17H,1-3H3;4-7,9-11H,1-3H3;/q2*-1;/i17D;;. The molecule has 1 radical (unpaired) electrons. The van der Waals surface area contributed by atoms with Crippen LogP contribution in [0.1, 0.15) is 32.2 Å². The molecule has 0 spiro atoms. The Morgan fingerprint density at radius 3 is 2.25 bits per heavy atom. The van der Waals surface area contributed by atoms with Crippen LogP contribution in [0.5, 0.6) is 0 Å². The molecule has 241 valence electrons. The molecule has 3 aromatic heterocycles. The van der Waals surface area contributed by atoms with Crippen LogP contribution < -0.4 is 5.19 Å². The third kappa shape index (κ3) is 6.79. The molecule has 0 saturated heterocycles. The van der Waals surface area contributed by atoms with Gasteiger partial charge in [0.1, 0.15) is 0 Å². The predicted molar refractivity (Wildman–Crippen MR) is 207 cm³/mol. The van der Waals surface area contributed by atoms with Crippen LogP contribution in [0, 0.1) is 19.1 Å². The van der Waals surface area contributed by atoms with Gasteiger partial charge >= 0.3 is 0 Å². The summed E-state index contributed by atoms with van der Waals surface area (Å²) in [6, 6.07) is 42.8. The van der Waals surface area contributed by atoms with E-state index in [-0.39, 0.29) is 20.1 Å². The Bertz CT molecular complexity index is 2430. The van der Waals surface area contributed by atoms with Crippen molar-refractivity contribution in [1.29, 1.82) is 0 Å². The van der Waals surface area contributed by atoms with Crippen molar-refractivity contribution in [3.05, 3.63) is 139 Å². The van der Waals surface area contributed by atoms with E-state index >= 15 is 0 Å². The predicted octanol–water partition coefficient (Wildman–Crippen LogP) is 11.7. The molecule has 0 fully saturated rings. The van der Waals surface area contributed by atoms with Crippen LogP contribution in [0.4, 0.5) is 0 Å². The van der Waals surface area contributed by atoms with E-state index in [1.807, 2.05) is 68.7 Å². The van der Waals surface area contributed by atoms with Gasteiger partial charge in [0.2, 0.25) is 0 Å². The van der Waals surface area contributed by atoms with Gasteiger partial charge in [-0.05, 0) is 79.2 Å². The Morgan fingerprint density at radius 1 is 0.729 bits per heavy atom. The zero-order valence-corrected chi connectivity index (χ0v) is 32.3. The van der Waals surface area contributed by atoms with Gasteiger partial charge in [-0.2, -0.15) is 11.3 Å². The van der Waals surface area contributed by atoms with E-state index in [1.165, 1.54) is 52.5 Å². The number of nitrogens with zero attached hydrogens (tertiary/aromatic N) is 2. The third-order valence-corrected chi connectivity index (χ3v) is 12.0. The van der Waals surface area contributed by atoms with Crippen molar-refractivity contribution >= 4 is 66.3 Å². The number of benzene rings is 5. The van der Waals surface area contributed by atoms with Gasteiger partial charge in [0.05, 0.1) is 8.07 Å². The van der Waals surface area contributed by atoms with Crippen LogP contribution in [0.2, 0.25) is 19.6 Å². The number of hydrogen-bond donors (Lipinski definition) is 0. The maximum absolute atomic E-state index is 8.41. The molecular formula is C43H38IrN2SSi-2. The zero-order valence-electron chi connectivity index (χ0n) is 29.1. The molecule has 48 heavy (non-hydrogen) atoms. The minimum Gasteiger partial charge on any atom is -0.305 e. The molecule has 0 aliphatic carbocycles. The van der Waals surface area contributed by atoms with Crippen LogP contribution >= 0.6 is 11.3 Å².